The van der Waals surface area contributed by atoms with Gasteiger partial charge >= 0.3 is 0 Å². The highest BCUT2D eigenvalue weighted by Crippen LogP contribution is 2.28. The Hall–Kier alpha value is -2.92. The molecular formula is C22H20ClN3O2. The van der Waals surface area contributed by atoms with Crippen LogP contribution in [0, 0.1) is 5.92 Å². The van der Waals surface area contributed by atoms with Crippen molar-refractivity contribution >= 4 is 23.1 Å². The Labute approximate surface area is 168 Å². The molecule has 0 saturated carbocycles. The molecule has 1 aliphatic heterocycles. The summed E-state index contributed by atoms with van der Waals surface area (Å²) in [6, 6.07) is 18.6. The fourth-order valence-electron chi connectivity index (χ4n) is 3.62. The molecule has 0 atom stereocenters. The number of benzene rings is 2. The second kappa shape index (κ2) is 7.98. The largest absolute Gasteiger partial charge is 0.369 e. The van der Waals surface area contributed by atoms with Crippen molar-refractivity contribution in [1.82, 2.24) is 9.78 Å². The number of aromatic nitrogens is 2. The molecule has 2 heterocycles. The second-order valence-corrected chi connectivity index (χ2v) is 7.27. The highest BCUT2D eigenvalue weighted by Gasteiger charge is 2.27. The van der Waals surface area contributed by atoms with Crippen LogP contribution in [0.5, 0.6) is 0 Å². The van der Waals surface area contributed by atoms with E-state index in [0.717, 1.165) is 18.4 Å². The third kappa shape index (κ3) is 3.58. The molecule has 4 rings (SSSR count). The Kier molecular flexibility index (Phi) is 5.26. The summed E-state index contributed by atoms with van der Waals surface area (Å²) in [5.74, 6) is 0.180. The Morgan fingerprint density at radius 2 is 1.57 bits per heavy atom. The van der Waals surface area contributed by atoms with Gasteiger partial charge in [-0.25, -0.2) is 0 Å². The number of halogens is 1. The third-order valence-corrected chi connectivity index (χ3v) is 5.52. The molecule has 6 heteroatoms. The van der Waals surface area contributed by atoms with Gasteiger partial charge in [-0.2, -0.15) is 9.78 Å². The predicted octanol–water partition coefficient (Wildman–Crippen LogP) is 3.99. The van der Waals surface area contributed by atoms with E-state index in [2.05, 4.69) is 5.10 Å². The molecule has 0 unspecified atom stereocenters. The normalized spacial score (nSPS) is 14.8. The summed E-state index contributed by atoms with van der Waals surface area (Å²) in [6.07, 6.45) is 3.09. The Bertz CT molecular complexity index is 1030. The van der Waals surface area contributed by atoms with Gasteiger partial charge in [-0.1, -0.05) is 60.1 Å². The summed E-state index contributed by atoms with van der Waals surface area (Å²) in [6.45, 7) is 1.33. The van der Waals surface area contributed by atoms with Crippen molar-refractivity contribution in [2.24, 2.45) is 5.92 Å². The van der Waals surface area contributed by atoms with E-state index in [4.69, 9.17) is 11.6 Å². The maximum absolute atomic E-state index is 12.7. The van der Waals surface area contributed by atoms with Gasteiger partial charge in [-0.05, 0) is 25.0 Å². The second-order valence-electron chi connectivity index (χ2n) is 6.89. The first-order chi connectivity index (χ1) is 13.6. The maximum Gasteiger partial charge on any atom is 0.292 e. The highest BCUT2D eigenvalue weighted by atomic mass is 35.5. The predicted molar refractivity (Wildman–Crippen MR) is 111 cm³/mol. The molecule has 0 radical (unpaired) electrons. The Morgan fingerprint density at radius 3 is 2.21 bits per heavy atom. The molecule has 1 aromatic heterocycles. The molecular weight excluding hydrogens is 374 g/mol. The fourth-order valence-corrected chi connectivity index (χ4v) is 3.87. The molecule has 0 bridgehead atoms. The summed E-state index contributed by atoms with van der Waals surface area (Å²) in [7, 11) is 0. The number of nitrogens with zero attached hydrogens (tertiary/aromatic N) is 3. The lowest BCUT2D eigenvalue weighted by atomic mass is 9.89. The van der Waals surface area contributed by atoms with Crippen molar-refractivity contribution in [2.45, 2.75) is 12.8 Å². The number of carbonyl (C=O) groups is 1. The minimum Gasteiger partial charge on any atom is -0.369 e. The number of hydrogen-bond donors (Lipinski definition) is 0. The van der Waals surface area contributed by atoms with Gasteiger partial charge in [0.1, 0.15) is 5.02 Å². The van der Waals surface area contributed by atoms with Gasteiger partial charge < -0.3 is 4.90 Å². The molecule has 1 fully saturated rings. The highest BCUT2D eigenvalue weighted by molar-refractivity contribution is 6.33. The van der Waals surface area contributed by atoms with Crippen LogP contribution in [0.3, 0.4) is 0 Å². The van der Waals surface area contributed by atoms with Crippen molar-refractivity contribution in [3.8, 4) is 5.69 Å². The van der Waals surface area contributed by atoms with Crippen LogP contribution >= 0.6 is 11.6 Å². The molecule has 0 amide bonds. The molecule has 28 heavy (non-hydrogen) atoms. The van der Waals surface area contributed by atoms with Gasteiger partial charge in [0.25, 0.3) is 5.56 Å². The van der Waals surface area contributed by atoms with Crippen LogP contribution < -0.4 is 10.5 Å². The Morgan fingerprint density at radius 1 is 0.964 bits per heavy atom. The van der Waals surface area contributed by atoms with Crippen molar-refractivity contribution in [3.63, 3.8) is 0 Å². The summed E-state index contributed by atoms with van der Waals surface area (Å²) < 4.78 is 1.30. The quantitative estimate of drug-likeness (QED) is 0.629. The lowest BCUT2D eigenvalue weighted by molar-refractivity contribution is 0.0900. The van der Waals surface area contributed by atoms with Crippen LogP contribution in [0.4, 0.5) is 5.69 Å². The first-order valence-electron chi connectivity index (χ1n) is 9.32. The summed E-state index contributed by atoms with van der Waals surface area (Å²) >= 11 is 6.39. The number of para-hydroxylation sites is 1. The molecule has 0 aliphatic carbocycles. The minimum atomic E-state index is -0.340. The monoisotopic (exact) mass is 393 g/mol. The van der Waals surface area contributed by atoms with E-state index in [0.29, 0.717) is 24.5 Å². The van der Waals surface area contributed by atoms with Crippen molar-refractivity contribution in [2.75, 3.05) is 18.0 Å². The average molecular weight is 394 g/mol. The van der Waals surface area contributed by atoms with Gasteiger partial charge in [0.2, 0.25) is 0 Å². The molecule has 0 N–H and O–H groups in total. The maximum atomic E-state index is 12.7. The topological polar surface area (TPSA) is 55.2 Å². The van der Waals surface area contributed by atoms with E-state index in [1.165, 1.54) is 4.68 Å². The van der Waals surface area contributed by atoms with Gasteiger partial charge in [0.05, 0.1) is 17.6 Å². The molecule has 0 spiro atoms. The van der Waals surface area contributed by atoms with Gasteiger partial charge in [-0.15, -0.1) is 0 Å². The number of anilines is 1. The van der Waals surface area contributed by atoms with E-state index >= 15 is 0 Å². The summed E-state index contributed by atoms with van der Waals surface area (Å²) in [5.41, 5.74) is 1.72. The number of ketones is 1. The molecule has 142 valence electrons. The molecule has 5 nitrogen and oxygen atoms in total. The van der Waals surface area contributed by atoms with E-state index in [1.807, 2.05) is 65.6 Å². The van der Waals surface area contributed by atoms with Gasteiger partial charge in [-0.3, -0.25) is 9.59 Å². The minimum absolute atomic E-state index is 0.00456. The smallest absolute Gasteiger partial charge is 0.292 e. The molecule has 1 aliphatic rings. The van der Waals surface area contributed by atoms with Crippen molar-refractivity contribution < 1.29 is 4.79 Å². The van der Waals surface area contributed by atoms with Crippen LogP contribution in [0.1, 0.15) is 23.2 Å². The van der Waals surface area contributed by atoms with Crippen LogP contribution in [-0.2, 0) is 0 Å². The average Bonchev–Trinajstić information content (AvgIpc) is 2.76. The molecule has 1 saturated heterocycles. The number of carbonyl (C=O) groups excluding carboxylic acids is 1. The first-order valence-corrected chi connectivity index (χ1v) is 9.70. The zero-order chi connectivity index (χ0) is 19.5. The summed E-state index contributed by atoms with van der Waals surface area (Å²) in [5, 5.41) is 4.46. The number of piperidine rings is 1. The van der Waals surface area contributed by atoms with E-state index in [-0.39, 0.29) is 22.3 Å². The Balaban J connectivity index is 1.50. The third-order valence-electron chi connectivity index (χ3n) is 5.17. The van der Waals surface area contributed by atoms with Crippen molar-refractivity contribution in [3.05, 3.63) is 87.8 Å². The van der Waals surface area contributed by atoms with Crippen molar-refractivity contribution in [1.29, 1.82) is 0 Å². The number of rotatable bonds is 4. The van der Waals surface area contributed by atoms with Gasteiger partial charge in [0.15, 0.2) is 5.78 Å². The lowest BCUT2D eigenvalue weighted by Gasteiger charge is -2.33. The summed E-state index contributed by atoms with van der Waals surface area (Å²) in [4.78, 5) is 27.4. The van der Waals surface area contributed by atoms with Gasteiger partial charge in [0, 0.05) is 24.6 Å². The van der Waals surface area contributed by atoms with Crippen LogP contribution in [-0.4, -0.2) is 28.7 Å². The van der Waals surface area contributed by atoms with Crippen LogP contribution in [0.25, 0.3) is 5.69 Å². The SMILES string of the molecule is O=C(c1ccccc1)C1CCN(c2cnn(-c3ccccc3)c(=O)c2Cl)CC1. The van der Waals surface area contributed by atoms with E-state index in [9.17, 15) is 9.59 Å². The fraction of sp³-hybridized carbons (Fsp3) is 0.227. The lowest BCUT2D eigenvalue weighted by Crippen LogP contribution is -2.38. The van der Waals surface area contributed by atoms with Crippen LogP contribution in [0.2, 0.25) is 5.02 Å². The zero-order valence-electron chi connectivity index (χ0n) is 15.3. The standard InChI is InChI=1S/C22H20ClN3O2/c23-20-19(15-24-26(22(20)28)18-9-5-2-6-10-18)25-13-11-17(12-14-25)21(27)16-7-3-1-4-8-16/h1-10,15,17H,11-14H2. The van der Waals surface area contributed by atoms with E-state index in [1.54, 1.807) is 6.20 Å². The number of Topliss-reactive ketones (excluding diaryl/α,β-unsaturated/α-hetero) is 1. The zero-order valence-corrected chi connectivity index (χ0v) is 16.0. The molecule has 3 aromatic rings. The van der Waals surface area contributed by atoms with E-state index < -0.39 is 0 Å². The van der Waals surface area contributed by atoms with Crippen LogP contribution in [0.15, 0.2) is 71.7 Å². The number of hydrogen-bond acceptors (Lipinski definition) is 4. The molecule has 2 aromatic carbocycles. The first kappa shape index (κ1) is 18.4.